The first-order chi connectivity index (χ1) is 60.8. The van der Waals surface area contributed by atoms with Gasteiger partial charge < -0.3 is 4.57 Å². The summed E-state index contributed by atoms with van der Waals surface area (Å²) in [5.41, 5.74) is 35.9. The van der Waals surface area contributed by atoms with E-state index in [9.17, 15) is 4.79 Å². The van der Waals surface area contributed by atoms with E-state index in [2.05, 4.69) is 239 Å². The van der Waals surface area contributed by atoms with Gasteiger partial charge in [0.15, 0.2) is 0 Å². The predicted octanol–water partition coefficient (Wildman–Crippen LogP) is 32.3. The molecule has 0 radical (unpaired) electrons. The van der Waals surface area contributed by atoms with Gasteiger partial charge >= 0.3 is 0 Å². The predicted molar refractivity (Wildman–Crippen MR) is 518 cm³/mol. The van der Waals surface area contributed by atoms with Crippen LogP contribution < -0.4 is 0 Å². The standard InChI is InChI=1S/C121H139NO/c1-6-11-16-21-26-32-39-79-45-55-86(56-46-79)120(87-57-47-80(48-58-87)40-33-27-22-17-12-7-2)104-73-94-90-63-54-85(78-123)69-100(90)110(102-72-103-111(102)115-114(103)118-116-112-92-65-66-93(92)113(112)117(116)119(115)118)101(94)71-95(104)96-74-106-97(75-105(96)120)98-77-109-99(91-64-53-84(68-83-43-36-31-37-44-83)70-108(91)122(109)67-38-30-25-20-15-10-5)76-107(98)121(106,88-59-49-81(50-60-88)41-34-28-23-18-13-8-3)89-61-51-82(52-62-89)42-35-29-24-19-14-9-4/h31,36-37,43-64,69-71,73-78,92-93,103,111-119H,6-30,32-35,38-42,65-68,72H2,1-5H3/b110-102-. The van der Waals surface area contributed by atoms with Crippen LogP contribution in [-0.4, -0.2) is 10.9 Å². The lowest BCUT2D eigenvalue weighted by Gasteiger charge is -2.91. The average Bonchev–Trinajstić information content (AvgIpc) is 1.45. The van der Waals surface area contributed by atoms with Gasteiger partial charge in [0.1, 0.15) is 6.29 Å². The Morgan fingerprint density at radius 3 is 1.15 bits per heavy atom. The summed E-state index contributed by atoms with van der Waals surface area (Å²) in [6.07, 6.45) is 49.3. The molecule has 10 aliphatic rings. The van der Waals surface area contributed by atoms with Gasteiger partial charge in [-0.3, -0.25) is 4.79 Å². The number of benzene rings is 10. The Bertz CT molecular complexity index is 5560. The number of allylic oxidation sites excluding steroid dienone is 1. The highest BCUT2D eigenvalue weighted by Crippen LogP contribution is 2.91. The van der Waals surface area contributed by atoms with Crippen molar-refractivity contribution in [3.05, 3.63) is 300 Å². The Kier molecular flexibility index (Phi) is 23.2. The second-order valence-corrected chi connectivity index (χ2v) is 41.3. The first-order valence-electron chi connectivity index (χ1n) is 51.0. The molecule has 634 valence electrons. The van der Waals surface area contributed by atoms with Crippen molar-refractivity contribution in [2.45, 2.75) is 296 Å². The topological polar surface area (TPSA) is 22.0 Å². The highest BCUT2D eigenvalue weighted by Gasteiger charge is 2.87. The summed E-state index contributed by atoms with van der Waals surface area (Å²) in [6, 6.07) is 83.8. The number of fused-ring (bicyclic) bond motifs is 28. The Balaban J connectivity index is 0.801. The van der Waals surface area contributed by atoms with E-state index in [0.717, 1.165) is 122 Å². The van der Waals surface area contributed by atoms with Gasteiger partial charge in [-0.05, 0) is 331 Å². The number of carbonyl (C=O) groups is 1. The molecule has 0 bridgehead atoms. The molecule has 123 heavy (non-hydrogen) atoms. The van der Waals surface area contributed by atoms with Crippen LogP contribution >= 0.6 is 0 Å². The van der Waals surface area contributed by atoms with Crippen molar-refractivity contribution in [2.75, 3.05) is 0 Å². The van der Waals surface area contributed by atoms with Crippen molar-refractivity contribution in [1.82, 2.24) is 4.57 Å². The minimum Gasteiger partial charge on any atom is -0.340 e. The molecular formula is C121H139NO. The van der Waals surface area contributed by atoms with Gasteiger partial charge in [-0.2, -0.15) is 0 Å². The lowest BCUT2D eigenvalue weighted by atomic mass is 9.13. The molecule has 11 aromatic rings. The fraction of sp³-hybridized carbons (Fsp3) is 0.479. The molecule has 7 saturated carbocycles. The van der Waals surface area contributed by atoms with E-state index in [1.807, 2.05) is 0 Å². The number of aromatic nitrogens is 1. The van der Waals surface area contributed by atoms with Gasteiger partial charge in [-0.15, -0.1) is 0 Å². The second-order valence-electron chi connectivity index (χ2n) is 41.3. The van der Waals surface area contributed by atoms with Gasteiger partial charge in [0.2, 0.25) is 0 Å². The number of carbonyl (C=O) groups excluding carboxylic acids is 1. The van der Waals surface area contributed by atoms with Crippen molar-refractivity contribution < 1.29 is 4.79 Å². The highest BCUT2D eigenvalue weighted by molar-refractivity contribution is 6.12. The average molecular weight is 1620 g/mol. The molecule has 21 rings (SSSR count). The summed E-state index contributed by atoms with van der Waals surface area (Å²) < 4.78 is 2.80. The first kappa shape index (κ1) is 81.5. The number of rotatable bonds is 42. The number of hydrogen-bond acceptors (Lipinski definition) is 1. The summed E-state index contributed by atoms with van der Waals surface area (Å²) in [7, 11) is 0. The van der Waals surface area contributed by atoms with Crippen LogP contribution in [-0.2, 0) is 49.5 Å². The maximum atomic E-state index is 13.4. The Hall–Kier alpha value is -8.59. The van der Waals surface area contributed by atoms with E-state index in [-0.39, 0.29) is 0 Å². The molecule has 0 saturated heterocycles. The van der Waals surface area contributed by atoms with Crippen LogP contribution in [0.3, 0.4) is 0 Å². The van der Waals surface area contributed by atoms with Crippen LogP contribution in [0.1, 0.15) is 346 Å². The van der Waals surface area contributed by atoms with Crippen LogP contribution in [0.25, 0.3) is 60.8 Å². The zero-order valence-corrected chi connectivity index (χ0v) is 75.5. The molecule has 1 heterocycles. The van der Waals surface area contributed by atoms with Gasteiger partial charge in [0.25, 0.3) is 0 Å². The van der Waals surface area contributed by atoms with Gasteiger partial charge in [-0.25, -0.2) is 0 Å². The van der Waals surface area contributed by atoms with E-state index in [0.29, 0.717) is 5.92 Å². The SMILES string of the molecule is CCCCCCCCc1ccc(C2(c3ccc(CCCCCCCC)cc3)c3cc4c(cc3-c3cc5c(cc32)-c2cc3c(cc2C5(c2ccc(CCCCCCCC)cc2)c2ccc(CCCCCCCC)cc2)c2ccc(Cc5ccccc5)cc2n3CCCCCCCC)/C(=C2/CC3C2C2C3C3C5C6C7CCC7C6C5C23)c2cc(C=O)ccc2-4)cc1. The van der Waals surface area contributed by atoms with E-state index in [1.165, 1.54) is 355 Å². The van der Waals surface area contributed by atoms with Crippen molar-refractivity contribution >= 4 is 33.7 Å². The summed E-state index contributed by atoms with van der Waals surface area (Å²) >= 11 is 0. The van der Waals surface area contributed by atoms with Crippen LogP contribution in [0.5, 0.6) is 0 Å². The molecule has 10 aliphatic carbocycles. The summed E-state index contributed by atoms with van der Waals surface area (Å²) in [6.45, 7) is 12.7. The summed E-state index contributed by atoms with van der Waals surface area (Å²) in [5, 5.41) is 2.74. The molecule has 0 aliphatic heterocycles. The monoisotopic (exact) mass is 1620 g/mol. The molecule has 0 amide bonds. The lowest BCUT2D eigenvalue weighted by Crippen LogP contribution is -2.87. The zero-order chi connectivity index (χ0) is 82.9. The summed E-state index contributed by atoms with van der Waals surface area (Å²) in [4.78, 5) is 13.4. The molecule has 10 aromatic carbocycles. The zero-order valence-electron chi connectivity index (χ0n) is 75.5. The quantitative estimate of drug-likeness (QED) is 0.0212. The van der Waals surface area contributed by atoms with E-state index >= 15 is 0 Å². The van der Waals surface area contributed by atoms with Crippen LogP contribution in [0.15, 0.2) is 206 Å². The molecule has 7 fully saturated rings. The van der Waals surface area contributed by atoms with Crippen LogP contribution in [0, 0.1) is 71.0 Å². The van der Waals surface area contributed by atoms with Gasteiger partial charge in [-0.1, -0.05) is 352 Å². The molecule has 2 heteroatoms. The number of aryl methyl sites for hydroxylation is 5. The van der Waals surface area contributed by atoms with E-state index < -0.39 is 10.8 Å². The maximum Gasteiger partial charge on any atom is 0.150 e. The number of hydrogen-bond donors (Lipinski definition) is 0. The van der Waals surface area contributed by atoms with Crippen molar-refractivity contribution in [3.63, 3.8) is 0 Å². The Labute approximate surface area is 738 Å². The lowest BCUT2D eigenvalue weighted by molar-refractivity contribution is -0.434. The molecule has 2 nitrogen and oxygen atoms in total. The Morgan fingerprint density at radius 2 is 0.691 bits per heavy atom. The molecule has 12 unspecified atom stereocenters. The third-order valence-electron chi connectivity index (χ3n) is 34.8. The fourth-order valence-electron chi connectivity index (χ4n) is 28.6. The van der Waals surface area contributed by atoms with Crippen LogP contribution in [0.4, 0.5) is 0 Å². The third-order valence-corrected chi connectivity index (χ3v) is 34.8. The number of nitrogens with zero attached hydrogens (tertiary/aromatic N) is 1. The molecule has 1 aromatic heterocycles. The Morgan fingerprint density at radius 1 is 0.301 bits per heavy atom. The van der Waals surface area contributed by atoms with Crippen molar-refractivity contribution in [1.29, 1.82) is 0 Å². The first-order valence-corrected chi connectivity index (χ1v) is 51.0. The molecule has 0 spiro atoms. The number of aldehydes is 1. The van der Waals surface area contributed by atoms with Gasteiger partial charge in [0.05, 0.1) is 10.8 Å². The van der Waals surface area contributed by atoms with E-state index in [4.69, 9.17) is 0 Å². The van der Waals surface area contributed by atoms with Crippen LogP contribution in [0.2, 0.25) is 0 Å². The van der Waals surface area contributed by atoms with Crippen molar-refractivity contribution in [3.8, 4) is 33.4 Å². The maximum absolute atomic E-state index is 13.4. The molecular weight excluding hydrogens is 1480 g/mol. The second kappa shape index (κ2) is 35.0. The smallest absolute Gasteiger partial charge is 0.150 e. The normalized spacial score (nSPS) is 23.8. The largest absolute Gasteiger partial charge is 0.340 e. The molecule has 0 N–H and O–H groups in total. The third kappa shape index (κ3) is 13.7. The minimum absolute atomic E-state index is 0.676. The molecule has 12 atom stereocenters. The summed E-state index contributed by atoms with van der Waals surface area (Å²) in [5.74, 6) is 11.7. The number of unbranched alkanes of at least 4 members (excludes halogenated alkanes) is 25. The van der Waals surface area contributed by atoms with Gasteiger partial charge in [0, 0.05) is 33.9 Å². The van der Waals surface area contributed by atoms with Crippen molar-refractivity contribution in [2.24, 2.45) is 71.0 Å². The van der Waals surface area contributed by atoms with E-state index in [1.54, 1.807) is 5.57 Å². The fourth-order valence-corrected chi connectivity index (χ4v) is 28.6. The minimum atomic E-state index is -0.704. The highest BCUT2D eigenvalue weighted by atomic mass is 16.1.